The van der Waals surface area contributed by atoms with Gasteiger partial charge in [-0.15, -0.1) is 0 Å². The van der Waals surface area contributed by atoms with Crippen molar-refractivity contribution >= 4 is 38.9 Å². The monoisotopic (exact) mass is 573 g/mol. The Morgan fingerprint density at radius 2 is 2.13 bits per heavy atom. The van der Waals surface area contributed by atoms with Gasteiger partial charge in [-0.25, -0.2) is 14.2 Å². The Kier molecular flexibility index (Phi) is 7.54. The molecule has 1 amide bonds. The highest BCUT2D eigenvalue weighted by Crippen LogP contribution is 2.32. The molecule has 0 spiro atoms. The summed E-state index contributed by atoms with van der Waals surface area (Å²) in [7, 11) is 1.55. The zero-order valence-corrected chi connectivity index (χ0v) is 22.3. The van der Waals surface area contributed by atoms with Crippen LogP contribution < -0.4 is 10.1 Å². The maximum atomic E-state index is 14.2. The molecule has 0 atom stereocenters. The number of ether oxygens (including phenoxy) is 1. The van der Waals surface area contributed by atoms with Gasteiger partial charge in [-0.1, -0.05) is 34.1 Å². The molecular weight excluding hydrogens is 549 g/mol. The van der Waals surface area contributed by atoms with Crippen LogP contribution in [-0.4, -0.2) is 40.7 Å². The molecule has 0 radical (unpaired) electrons. The van der Waals surface area contributed by atoms with Crippen molar-refractivity contribution in [2.45, 2.75) is 19.5 Å². The molecule has 2 aromatic heterocycles. The van der Waals surface area contributed by atoms with Gasteiger partial charge in [-0.2, -0.15) is 5.26 Å². The summed E-state index contributed by atoms with van der Waals surface area (Å²) in [6.07, 6.45) is 6.05. The average molecular weight is 574 g/mol. The van der Waals surface area contributed by atoms with Crippen molar-refractivity contribution in [1.82, 2.24) is 19.8 Å². The Morgan fingerprint density at radius 3 is 2.92 bits per heavy atom. The van der Waals surface area contributed by atoms with Gasteiger partial charge >= 0.3 is 6.03 Å². The van der Waals surface area contributed by atoms with Crippen LogP contribution in [0, 0.1) is 17.1 Å². The van der Waals surface area contributed by atoms with Crippen LogP contribution in [0.4, 0.5) is 9.18 Å². The molecule has 7 nitrogen and oxygen atoms in total. The van der Waals surface area contributed by atoms with E-state index >= 15 is 0 Å². The largest absolute Gasteiger partial charge is 0.481 e. The lowest BCUT2D eigenvalue weighted by molar-refractivity contribution is 0.240. The predicted molar refractivity (Wildman–Crippen MR) is 147 cm³/mol. The van der Waals surface area contributed by atoms with Crippen LogP contribution in [0.5, 0.6) is 5.88 Å². The number of aromatic nitrogens is 2. The number of benzene rings is 2. The van der Waals surface area contributed by atoms with E-state index in [4.69, 9.17) is 4.74 Å². The zero-order chi connectivity index (χ0) is 26.6. The van der Waals surface area contributed by atoms with Gasteiger partial charge in [-0.05, 0) is 47.5 Å². The molecule has 1 aliphatic heterocycles. The van der Waals surface area contributed by atoms with Crippen molar-refractivity contribution < 1.29 is 13.9 Å². The van der Waals surface area contributed by atoms with Crippen LogP contribution >= 0.6 is 15.9 Å². The minimum atomic E-state index is -0.278. The lowest BCUT2D eigenvalue weighted by atomic mass is 10.0. The third kappa shape index (κ3) is 5.32. The first-order valence-electron chi connectivity index (χ1n) is 12.1. The number of nitrogens with zero attached hydrogens (tertiary/aromatic N) is 4. The Labute approximate surface area is 228 Å². The van der Waals surface area contributed by atoms with Gasteiger partial charge in [0.1, 0.15) is 5.82 Å². The van der Waals surface area contributed by atoms with Crippen molar-refractivity contribution in [3.8, 4) is 11.9 Å². The van der Waals surface area contributed by atoms with Crippen molar-refractivity contribution in [2.24, 2.45) is 0 Å². The molecule has 4 aromatic rings. The van der Waals surface area contributed by atoms with E-state index in [-0.39, 0.29) is 11.8 Å². The summed E-state index contributed by atoms with van der Waals surface area (Å²) in [5.41, 5.74) is 4.70. The van der Waals surface area contributed by atoms with Crippen LogP contribution in [0.3, 0.4) is 0 Å². The van der Waals surface area contributed by atoms with Gasteiger partial charge in [0.05, 0.1) is 24.3 Å². The minimum absolute atomic E-state index is 0.226. The molecule has 0 aliphatic carbocycles. The first kappa shape index (κ1) is 25.6. The first-order chi connectivity index (χ1) is 18.5. The van der Waals surface area contributed by atoms with E-state index in [9.17, 15) is 14.4 Å². The third-order valence-corrected chi connectivity index (χ3v) is 7.13. The Morgan fingerprint density at radius 1 is 1.26 bits per heavy atom. The molecule has 9 heteroatoms. The van der Waals surface area contributed by atoms with Gasteiger partial charge in [0.25, 0.3) is 0 Å². The number of carbonyl (C=O) groups is 1. The van der Waals surface area contributed by atoms with E-state index in [1.54, 1.807) is 42.1 Å². The number of fused-ring (bicyclic) bond motifs is 3. The second-order valence-electron chi connectivity index (χ2n) is 9.02. The second-order valence-corrected chi connectivity index (χ2v) is 9.94. The maximum Gasteiger partial charge on any atom is 0.326 e. The molecule has 0 saturated heterocycles. The molecule has 0 saturated carbocycles. The molecule has 5 rings (SSSR count). The van der Waals surface area contributed by atoms with Crippen LogP contribution in [-0.2, 0) is 19.5 Å². The lowest BCUT2D eigenvalue weighted by Gasteiger charge is -2.27. The number of rotatable bonds is 6. The molecule has 1 N–H and O–H groups in total. The SMILES string of the molecule is COc1cc(CNC(=O)n2c3c(c4cc(C#N)ccc42)CN(CC=Cc2ccc(Br)cc2F)CC3)ccn1. The fourth-order valence-corrected chi connectivity index (χ4v) is 5.10. The Bertz CT molecular complexity index is 1590. The number of methoxy groups -OCH3 is 1. The summed E-state index contributed by atoms with van der Waals surface area (Å²) in [6.45, 7) is 2.33. The number of nitriles is 1. The molecule has 1 aliphatic rings. The number of nitrogens with one attached hydrogen (secondary N) is 1. The number of pyridine rings is 1. The minimum Gasteiger partial charge on any atom is -0.481 e. The molecule has 3 heterocycles. The zero-order valence-electron chi connectivity index (χ0n) is 20.7. The quantitative estimate of drug-likeness (QED) is 0.322. The van der Waals surface area contributed by atoms with Crippen molar-refractivity contribution in [1.29, 1.82) is 5.26 Å². The summed E-state index contributed by atoms with van der Waals surface area (Å²) in [5, 5.41) is 13.4. The Hall–Kier alpha value is -4.00. The van der Waals surface area contributed by atoms with Gasteiger partial charge in [0.15, 0.2) is 0 Å². The van der Waals surface area contributed by atoms with Gasteiger partial charge < -0.3 is 10.1 Å². The number of hydrogen-bond donors (Lipinski definition) is 1. The summed E-state index contributed by atoms with van der Waals surface area (Å²) in [6, 6.07) is 16.0. The second kappa shape index (κ2) is 11.2. The van der Waals surface area contributed by atoms with Crippen molar-refractivity contribution in [3.05, 3.63) is 99.0 Å². The summed E-state index contributed by atoms with van der Waals surface area (Å²) in [4.78, 5) is 19.8. The van der Waals surface area contributed by atoms with Crippen LogP contribution in [0.2, 0.25) is 0 Å². The van der Waals surface area contributed by atoms with Crippen molar-refractivity contribution in [3.63, 3.8) is 0 Å². The van der Waals surface area contributed by atoms with E-state index in [0.29, 0.717) is 47.5 Å². The van der Waals surface area contributed by atoms with Gasteiger partial charge in [0, 0.05) is 66.0 Å². The normalized spacial score (nSPS) is 13.4. The van der Waals surface area contributed by atoms with Crippen molar-refractivity contribution in [2.75, 3.05) is 20.2 Å². The topological polar surface area (TPSA) is 83.2 Å². The van der Waals surface area contributed by atoms with Crippen LogP contribution in [0.25, 0.3) is 17.0 Å². The number of halogens is 2. The van der Waals surface area contributed by atoms with Gasteiger partial charge in [0.2, 0.25) is 5.88 Å². The number of amides is 1. The number of hydrogen-bond acceptors (Lipinski definition) is 5. The molecule has 192 valence electrons. The first-order valence-corrected chi connectivity index (χ1v) is 12.9. The molecule has 0 unspecified atom stereocenters. The molecular formula is C29H25BrFN5O2. The smallest absolute Gasteiger partial charge is 0.326 e. The fourth-order valence-electron chi connectivity index (χ4n) is 4.77. The third-order valence-electron chi connectivity index (χ3n) is 6.64. The highest BCUT2D eigenvalue weighted by Gasteiger charge is 2.26. The Balaban J connectivity index is 1.39. The molecule has 2 aromatic carbocycles. The summed E-state index contributed by atoms with van der Waals surface area (Å²) in [5.74, 6) is 0.210. The summed E-state index contributed by atoms with van der Waals surface area (Å²) >= 11 is 3.28. The molecule has 38 heavy (non-hydrogen) atoms. The maximum absolute atomic E-state index is 14.2. The van der Waals surface area contributed by atoms with Crippen LogP contribution in [0.1, 0.15) is 27.9 Å². The predicted octanol–water partition coefficient (Wildman–Crippen LogP) is 5.65. The lowest BCUT2D eigenvalue weighted by Crippen LogP contribution is -2.34. The molecule has 0 bridgehead atoms. The van der Waals surface area contributed by atoms with E-state index in [2.05, 4.69) is 37.2 Å². The van der Waals surface area contributed by atoms with E-state index in [1.807, 2.05) is 30.3 Å². The highest BCUT2D eigenvalue weighted by molar-refractivity contribution is 9.10. The van der Waals surface area contributed by atoms with E-state index in [1.165, 1.54) is 6.07 Å². The van der Waals surface area contributed by atoms with E-state index in [0.717, 1.165) is 34.3 Å². The fraction of sp³-hybridized carbons (Fsp3) is 0.207. The summed E-state index contributed by atoms with van der Waals surface area (Å²) < 4.78 is 21.8. The van der Waals surface area contributed by atoms with Crippen LogP contribution in [0.15, 0.2) is 65.3 Å². The van der Waals surface area contributed by atoms with Gasteiger partial charge in [-0.3, -0.25) is 9.47 Å². The number of carbonyl (C=O) groups excluding carboxylic acids is 1. The average Bonchev–Trinajstić information content (AvgIpc) is 3.26. The standard InChI is InChI=1S/C29H25BrFN5O2/c1-38-28-14-20(8-10-33-28)17-34-29(37)36-26-7-4-19(16-32)13-23(26)24-18-35(12-9-27(24)36)11-2-3-21-5-6-22(30)15-25(21)31/h2-8,10,13-15H,9,11-12,17-18H2,1H3,(H,34,37). The highest BCUT2D eigenvalue weighted by atomic mass is 79.9. The van der Waals surface area contributed by atoms with E-state index < -0.39 is 0 Å². The molecule has 0 fully saturated rings.